The molecule has 2 saturated heterocycles. The number of phenolic OH excluding ortho intramolecular Hbond substituents is 1. The monoisotopic (exact) mass is 398 g/mol. The normalized spacial score (nSPS) is 22.9. The first-order chi connectivity index (χ1) is 14.0. The number of benzene rings is 1. The van der Waals surface area contributed by atoms with Gasteiger partial charge in [-0.25, -0.2) is 4.79 Å². The number of rotatable bonds is 5. The molecule has 2 atom stereocenters. The third-order valence-corrected chi connectivity index (χ3v) is 7.00. The highest BCUT2D eigenvalue weighted by Gasteiger charge is 2.33. The summed E-state index contributed by atoms with van der Waals surface area (Å²) in [5.74, 6) is 0.964. The second kappa shape index (κ2) is 8.49. The van der Waals surface area contributed by atoms with Crippen molar-refractivity contribution < 1.29 is 9.52 Å². The summed E-state index contributed by atoms with van der Waals surface area (Å²) in [6, 6.07) is 4.32. The van der Waals surface area contributed by atoms with Crippen molar-refractivity contribution in [2.75, 3.05) is 26.7 Å². The molecule has 158 valence electrons. The van der Waals surface area contributed by atoms with Crippen molar-refractivity contribution in [3.05, 3.63) is 39.2 Å². The first-order valence-corrected chi connectivity index (χ1v) is 11.2. The average Bonchev–Trinajstić information content (AvgIpc) is 2.72. The zero-order chi connectivity index (χ0) is 20.5. The van der Waals surface area contributed by atoms with Crippen LogP contribution in [0.3, 0.4) is 0 Å². The molecule has 0 spiro atoms. The van der Waals surface area contributed by atoms with E-state index >= 15 is 0 Å². The number of hydrogen-bond acceptors (Lipinski definition) is 5. The van der Waals surface area contributed by atoms with Crippen molar-refractivity contribution in [1.82, 2.24) is 9.80 Å². The van der Waals surface area contributed by atoms with Gasteiger partial charge < -0.3 is 19.3 Å². The molecule has 3 heterocycles. The zero-order valence-corrected chi connectivity index (χ0v) is 18.0. The Hall–Kier alpha value is -1.85. The van der Waals surface area contributed by atoms with Crippen LogP contribution in [0, 0.1) is 12.8 Å². The molecule has 5 nitrogen and oxygen atoms in total. The summed E-state index contributed by atoms with van der Waals surface area (Å²) in [7, 11) is 2.16. The van der Waals surface area contributed by atoms with Crippen LogP contribution in [-0.4, -0.2) is 47.6 Å². The van der Waals surface area contributed by atoms with Gasteiger partial charge in [-0.1, -0.05) is 13.3 Å². The van der Waals surface area contributed by atoms with E-state index in [0.717, 1.165) is 35.5 Å². The Morgan fingerprint density at radius 1 is 1.17 bits per heavy atom. The summed E-state index contributed by atoms with van der Waals surface area (Å²) in [6.07, 6.45) is 7.41. The molecule has 2 aliphatic heterocycles. The number of piperidine rings is 2. The minimum absolute atomic E-state index is 0.253. The van der Waals surface area contributed by atoms with Crippen LogP contribution in [0.4, 0.5) is 0 Å². The second-order valence-electron chi connectivity index (χ2n) is 9.03. The van der Waals surface area contributed by atoms with E-state index in [1.807, 2.05) is 19.9 Å². The Labute approximate surface area is 173 Å². The Bertz CT molecular complexity index is 934. The lowest BCUT2D eigenvalue weighted by Crippen LogP contribution is -2.50. The fourth-order valence-electron chi connectivity index (χ4n) is 5.54. The van der Waals surface area contributed by atoms with Gasteiger partial charge in [-0.15, -0.1) is 0 Å². The molecule has 2 fully saturated rings. The molecule has 2 aliphatic rings. The van der Waals surface area contributed by atoms with Crippen LogP contribution >= 0.6 is 0 Å². The van der Waals surface area contributed by atoms with Gasteiger partial charge in [0, 0.05) is 41.7 Å². The predicted octanol–water partition coefficient (Wildman–Crippen LogP) is 4.07. The number of aromatic hydroxyl groups is 1. The van der Waals surface area contributed by atoms with E-state index in [4.69, 9.17) is 4.42 Å². The van der Waals surface area contributed by atoms with Crippen molar-refractivity contribution in [3.8, 4) is 5.75 Å². The van der Waals surface area contributed by atoms with Crippen molar-refractivity contribution in [2.45, 2.75) is 65.0 Å². The minimum atomic E-state index is -0.351. The van der Waals surface area contributed by atoms with Gasteiger partial charge in [0.2, 0.25) is 0 Å². The first kappa shape index (κ1) is 20.4. The lowest BCUT2D eigenvalue weighted by molar-refractivity contribution is 0.0434. The predicted molar refractivity (Wildman–Crippen MR) is 117 cm³/mol. The van der Waals surface area contributed by atoms with Crippen molar-refractivity contribution in [3.63, 3.8) is 0 Å². The smallest absolute Gasteiger partial charge is 0.336 e. The third kappa shape index (κ3) is 4.08. The average molecular weight is 399 g/mol. The van der Waals surface area contributed by atoms with E-state index in [1.165, 1.54) is 45.2 Å². The maximum absolute atomic E-state index is 11.9. The van der Waals surface area contributed by atoms with Crippen molar-refractivity contribution >= 4 is 11.0 Å². The third-order valence-electron chi connectivity index (χ3n) is 7.00. The van der Waals surface area contributed by atoms with Crippen LogP contribution in [0.15, 0.2) is 21.3 Å². The number of phenols is 1. The number of hydrogen-bond donors (Lipinski definition) is 1. The van der Waals surface area contributed by atoms with Crippen LogP contribution < -0.4 is 5.63 Å². The molecule has 4 rings (SSSR count). The standard InChI is InChI=1S/C24H34N2O3/c1-4-17-13-22(27)29-24-16(2)23(28)19(12-20(17)24)15-25(3)14-18-8-7-11-26-10-6-5-9-21(18)26/h12-13,18,21,28H,4-11,14-15H2,1-3H3. The van der Waals surface area contributed by atoms with Crippen LogP contribution in [0.25, 0.3) is 11.0 Å². The SMILES string of the molecule is CCc1cc(=O)oc2c(C)c(O)c(CN(C)CC3CCCN4CCCCC34)cc12. The highest BCUT2D eigenvalue weighted by atomic mass is 16.4. The minimum Gasteiger partial charge on any atom is -0.507 e. The summed E-state index contributed by atoms with van der Waals surface area (Å²) >= 11 is 0. The molecule has 1 N–H and O–H groups in total. The molecule has 0 amide bonds. The molecular formula is C24H34N2O3. The Morgan fingerprint density at radius 3 is 2.76 bits per heavy atom. The van der Waals surface area contributed by atoms with Gasteiger partial charge in [0.05, 0.1) is 0 Å². The second-order valence-corrected chi connectivity index (χ2v) is 9.03. The summed E-state index contributed by atoms with van der Waals surface area (Å²) in [6.45, 7) is 8.17. The summed E-state index contributed by atoms with van der Waals surface area (Å²) in [5, 5.41) is 11.7. The Morgan fingerprint density at radius 2 is 1.97 bits per heavy atom. The quantitative estimate of drug-likeness (QED) is 0.770. The highest BCUT2D eigenvalue weighted by Crippen LogP contribution is 2.34. The molecule has 2 unspecified atom stereocenters. The molecular weight excluding hydrogens is 364 g/mol. The van der Waals surface area contributed by atoms with E-state index in [2.05, 4.69) is 16.8 Å². The first-order valence-electron chi connectivity index (χ1n) is 11.2. The van der Waals surface area contributed by atoms with Crippen molar-refractivity contribution in [1.29, 1.82) is 0 Å². The zero-order valence-electron chi connectivity index (χ0n) is 18.0. The van der Waals surface area contributed by atoms with E-state index in [0.29, 0.717) is 23.6 Å². The van der Waals surface area contributed by atoms with Crippen molar-refractivity contribution in [2.24, 2.45) is 5.92 Å². The largest absolute Gasteiger partial charge is 0.507 e. The maximum atomic E-state index is 11.9. The fourth-order valence-corrected chi connectivity index (χ4v) is 5.54. The molecule has 1 aromatic heterocycles. The van der Waals surface area contributed by atoms with Crippen LogP contribution in [0.5, 0.6) is 5.75 Å². The van der Waals surface area contributed by atoms with Gasteiger partial charge in [0.25, 0.3) is 0 Å². The summed E-state index contributed by atoms with van der Waals surface area (Å²) < 4.78 is 5.42. The lowest BCUT2D eigenvalue weighted by Gasteiger charge is -2.45. The summed E-state index contributed by atoms with van der Waals surface area (Å²) in [4.78, 5) is 16.9. The van der Waals surface area contributed by atoms with Gasteiger partial charge in [-0.2, -0.15) is 0 Å². The molecule has 0 saturated carbocycles. The molecule has 0 aliphatic carbocycles. The van der Waals surface area contributed by atoms with E-state index in [1.54, 1.807) is 6.07 Å². The Kier molecular flexibility index (Phi) is 5.98. The fraction of sp³-hybridized carbons (Fsp3) is 0.625. The van der Waals surface area contributed by atoms with Gasteiger partial charge in [0.15, 0.2) is 0 Å². The summed E-state index contributed by atoms with van der Waals surface area (Å²) in [5.41, 5.74) is 2.72. The van der Waals surface area contributed by atoms with E-state index in [9.17, 15) is 9.90 Å². The molecule has 2 aromatic rings. The molecule has 0 bridgehead atoms. The van der Waals surface area contributed by atoms with Gasteiger partial charge in [-0.3, -0.25) is 0 Å². The van der Waals surface area contributed by atoms with E-state index < -0.39 is 0 Å². The maximum Gasteiger partial charge on any atom is 0.336 e. The van der Waals surface area contributed by atoms with Crippen LogP contribution in [-0.2, 0) is 13.0 Å². The number of fused-ring (bicyclic) bond motifs is 2. The van der Waals surface area contributed by atoms with E-state index in [-0.39, 0.29) is 11.4 Å². The van der Waals surface area contributed by atoms with Gasteiger partial charge >= 0.3 is 5.63 Å². The van der Waals surface area contributed by atoms with Crippen LogP contribution in [0.1, 0.15) is 55.7 Å². The lowest BCUT2D eigenvalue weighted by atomic mass is 9.83. The molecule has 0 radical (unpaired) electrons. The Balaban J connectivity index is 1.56. The van der Waals surface area contributed by atoms with Gasteiger partial charge in [-0.05, 0) is 76.7 Å². The molecule has 29 heavy (non-hydrogen) atoms. The molecule has 5 heteroatoms. The molecule has 1 aromatic carbocycles. The highest BCUT2D eigenvalue weighted by molar-refractivity contribution is 5.86. The number of nitrogens with zero attached hydrogens (tertiary/aromatic N) is 2. The van der Waals surface area contributed by atoms with Gasteiger partial charge in [0.1, 0.15) is 11.3 Å². The topological polar surface area (TPSA) is 56.9 Å². The van der Waals surface area contributed by atoms with Crippen LogP contribution in [0.2, 0.25) is 0 Å². The number of aryl methyl sites for hydroxylation is 2.